The second kappa shape index (κ2) is 9.88. The van der Waals surface area contributed by atoms with Crippen LogP contribution in [-0.2, 0) is 19.3 Å². The van der Waals surface area contributed by atoms with Crippen LogP contribution in [0.3, 0.4) is 0 Å². The van der Waals surface area contributed by atoms with Gasteiger partial charge in [-0.1, -0.05) is 12.2 Å². The fraction of sp³-hybridized carbons (Fsp3) is 0.400. The van der Waals surface area contributed by atoms with Gasteiger partial charge >= 0.3 is 5.97 Å². The number of hydrogen-bond donors (Lipinski definition) is 5. The predicted octanol–water partition coefficient (Wildman–Crippen LogP) is -1.06. The first-order valence-electron chi connectivity index (χ1n) is 5.23. The molecule has 0 saturated heterocycles. The molecule has 0 aromatic heterocycles. The average molecular weight is 275 g/mol. The molecule has 0 aliphatic heterocycles. The first-order valence-corrected chi connectivity index (χ1v) is 5.23. The minimum Gasteiger partial charge on any atom is -0.480 e. The van der Waals surface area contributed by atoms with E-state index in [4.69, 9.17) is 20.9 Å². The normalized spacial score (nSPS) is 11.9. The quantitative estimate of drug-likeness (QED) is 0.147. The fourth-order valence-electron chi connectivity index (χ4n) is 1.02. The molecule has 0 aliphatic rings. The highest BCUT2D eigenvalue weighted by Crippen LogP contribution is 2.02. The first-order chi connectivity index (χ1) is 9.01. The Bertz CT molecular complexity index is 344. The van der Waals surface area contributed by atoms with E-state index in [2.05, 4.69) is 22.3 Å². The SMILES string of the molecule is C=C(CN)CC(NO/C=C/OO)C(=O)NCC(=O)O. The van der Waals surface area contributed by atoms with E-state index in [0.29, 0.717) is 5.57 Å². The van der Waals surface area contributed by atoms with Crippen molar-refractivity contribution < 1.29 is 29.7 Å². The maximum absolute atomic E-state index is 11.7. The molecule has 108 valence electrons. The summed E-state index contributed by atoms with van der Waals surface area (Å²) in [6.07, 6.45) is 1.93. The maximum Gasteiger partial charge on any atom is 0.322 e. The zero-order chi connectivity index (χ0) is 14.7. The molecule has 9 nitrogen and oxygen atoms in total. The van der Waals surface area contributed by atoms with Gasteiger partial charge in [0, 0.05) is 6.54 Å². The first kappa shape index (κ1) is 16.9. The molecule has 0 fully saturated rings. The van der Waals surface area contributed by atoms with Crippen LogP contribution in [0.2, 0.25) is 0 Å². The Balaban J connectivity index is 4.38. The van der Waals surface area contributed by atoms with Crippen LogP contribution in [0.15, 0.2) is 24.7 Å². The molecule has 0 saturated carbocycles. The van der Waals surface area contributed by atoms with Gasteiger partial charge in [-0.25, -0.2) is 5.26 Å². The number of carbonyl (C=O) groups excluding carboxylic acids is 1. The summed E-state index contributed by atoms with van der Waals surface area (Å²) in [7, 11) is 0. The van der Waals surface area contributed by atoms with E-state index >= 15 is 0 Å². The Hall–Kier alpha value is -2.10. The van der Waals surface area contributed by atoms with Crippen LogP contribution in [0.25, 0.3) is 0 Å². The number of hydroxylamine groups is 1. The standard InChI is InChI=1S/C10H17N3O6/c1-7(5-11)4-8(13-18-2-3-19-17)10(16)12-6-9(14)15/h2-3,8,13,17H,1,4-6,11H2,(H,12,16)(H,14,15)/b3-2+. The second-order valence-corrected chi connectivity index (χ2v) is 3.44. The molecule has 0 bridgehead atoms. The molecule has 1 atom stereocenters. The summed E-state index contributed by atoms with van der Waals surface area (Å²) >= 11 is 0. The summed E-state index contributed by atoms with van der Waals surface area (Å²) < 4.78 is 0. The highest BCUT2D eigenvalue weighted by atomic mass is 17.1. The molecule has 0 aliphatic carbocycles. The molecule has 0 heterocycles. The van der Waals surface area contributed by atoms with Crippen LogP contribution in [0.4, 0.5) is 0 Å². The lowest BCUT2D eigenvalue weighted by Gasteiger charge is -2.17. The Labute approximate surface area is 109 Å². The zero-order valence-corrected chi connectivity index (χ0v) is 10.2. The van der Waals surface area contributed by atoms with Crippen molar-refractivity contribution in [1.82, 2.24) is 10.8 Å². The van der Waals surface area contributed by atoms with E-state index in [1.165, 1.54) is 0 Å². The van der Waals surface area contributed by atoms with Gasteiger partial charge in [0.2, 0.25) is 5.91 Å². The molecule has 6 N–H and O–H groups in total. The third kappa shape index (κ3) is 8.60. The summed E-state index contributed by atoms with van der Waals surface area (Å²) in [5.41, 5.74) is 8.28. The Morgan fingerprint density at radius 3 is 2.63 bits per heavy atom. The van der Waals surface area contributed by atoms with Crippen molar-refractivity contribution in [3.8, 4) is 0 Å². The van der Waals surface area contributed by atoms with Crippen molar-refractivity contribution in [2.45, 2.75) is 12.5 Å². The Kier molecular flexibility index (Phi) is 8.79. The topological polar surface area (TPSA) is 143 Å². The highest BCUT2D eigenvalue weighted by Gasteiger charge is 2.19. The Morgan fingerprint density at radius 1 is 1.42 bits per heavy atom. The minimum atomic E-state index is -1.17. The zero-order valence-electron chi connectivity index (χ0n) is 10.2. The summed E-state index contributed by atoms with van der Waals surface area (Å²) in [5.74, 6) is -1.76. The molecule has 1 amide bonds. The van der Waals surface area contributed by atoms with E-state index in [-0.39, 0.29) is 13.0 Å². The smallest absolute Gasteiger partial charge is 0.322 e. The van der Waals surface area contributed by atoms with E-state index in [9.17, 15) is 9.59 Å². The van der Waals surface area contributed by atoms with Crippen molar-refractivity contribution in [3.05, 3.63) is 24.7 Å². The molecular formula is C10H17N3O6. The molecule has 0 aromatic rings. The highest BCUT2D eigenvalue weighted by molar-refractivity contribution is 5.85. The van der Waals surface area contributed by atoms with Gasteiger partial charge in [0.25, 0.3) is 0 Å². The van der Waals surface area contributed by atoms with Crippen LogP contribution in [0, 0.1) is 0 Å². The molecular weight excluding hydrogens is 258 g/mol. The number of nitrogens with two attached hydrogens (primary N) is 1. The molecule has 0 rings (SSSR count). The fourth-order valence-corrected chi connectivity index (χ4v) is 1.02. The molecule has 19 heavy (non-hydrogen) atoms. The van der Waals surface area contributed by atoms with Gasteiger partial charge in [0.05, 0.1) is 0 Å². The number of amides is 1. The van der Waals surface area contributed by atoms with Crippen molar-refractivity contribution in [2.24, 2.45) is 5.73 Å². The van der Waals surface area contributed by atoms with Crippen molar-refractivity contribution >= 4 is 11.9 Å². The monoisotopic (exact) mass is 275 g/mol. The minimum absolute atomic E-state index is 0.162. The number of nitrogens with one attached hydrogen (secondary N) is 2. The number of carboxylic acid groups (broad SMARTS) is 1. The molecule has 9 heteroatoms. The number of aliphatic carboxylic acids is 1. The van der Waals surface area contributed by atoms with Gasteiger partial charge in [0.15, 0.2) is 6.26 Å². The predicted molar refractivity (Wildman–Crippen MR) is 64.3 cm³/mol. The van der Waals surface area contributed by atoms with Crippen molar-refractivity contribution in [2.75, 3.05) is 13.1 Å². The molecule has 1 unspecified atom stereocenters. The van der Waals surface area contributed by atoms with Gasteiger partial charge < -0.3 is 25.9 Å². The van der Waals surface area contributed by atoms with Crippen LogP contribution in [-0.4, -0.2) is 41.4 Å². The summed E-state index contributed by atoms with van der Waals surface area (Å²) in [6, 6.07) is -0.876. The lowest BCUT2D eigenvalue weighted by atomic mass is 10.1. The van der Waals surface area contributed by atoms with Crippen LogP contribution in [0.1, 0.15) is 6.42 Å². The summed E-state index contributed by atoms with van der Waals surface area (Å²) in [5, 5.41) is 18.6. The van der Waals surface area contributed by atoms with E-state index < -0.39 is 24.5 Å². The molecule has 0 radical (unpaired) electrons. The van der Waals surface area contributed by atoms with Gasteiger partial charge in [-0.05, 0) is 6.42 Å². The maximum atomic E-state index is 11.7. The summed E-state index contributed by atoms with van der Waals surface area (Å²) in [4.78, 5) is 30.3. The number of carbonyl (C=O) groups is 2. The van der Waals surface area contributed by atoms with Crippen molar-refractivity contribution in [3.63, 3.8) is 0 Å². The largest absolute Gasteiger partial charge is 0.480 e. The van der Waals surface area contributed by atoms with E-state index in [1.54, 1.807) is 0 Å². The number of hydrogen-bond acceptors (Lipinski definition) is 7. The van der Waals surface area contributed by atoms with Gasteiger partial charge in [0.1, 0.15) is 18.8 Å². The molecule has 0 aromatic carbocycles. The third-order valence-corrected chi connectivity index (χ3v) is 1.91. The van der Waals surface area contributed by atoms with Crippen molar-refractivity contribution in [1.29, 1.82) is 0 Å². The van der Waals surface area contributed by atoms with Crippen LogP contribution in [0.5, 0.6) is 0 Å². The summed E-state index contributed by atoms with van der Waals surface area (Å²) in [6.45, 7) is 3.30. The van der Waals surface area contributed by atoms with Crippen LogP contribution < -0.4 is 16.5 Å². The van der Waals surface area contributed by atoms with Gasteiger partial charge in [-0.3, -0.25) is 9.59 Å². The van der Waals surface area contributed by atoms with E-state index in [0.717, 1.165) is 12.5 Å². The molecule has 0 spiro atoms. The average Bonchev–Trinajstić information content (AvgIpc) is 2.39. The van der Waals surface area contributed by atoms with Gasteiger partial charge in [-0.15, -0.1) is 5.48 Å². The van der Waals surface area contributed by atoms with Crippen LogP contribution >= 0.6 is 0 Å². The number of rotatable bonds is 10. The Morgan fingerprint density at radius 2 is 2.11 bits per heavy atom. The third-order valence-electron chi connectivity index (χ3n) is 1.91. The van der Waals surface area contributed by atoms with E-state index in [1.807, 2.05) is 0 Å². The lowest BCUT2D eigenvalue weighted by molar-refractivity contribution is -0.189. The number of carboxylic acids is 1. The lowest BCUT2D eigenvalue weighted by Crippen LogP contribution is -2.45. The second-order valence-electron chi connectivity index (χ2n) is 3.44. The van der Waals surface area contributed by atoms with Gasteiger partial charge in [-0.2, -0.15) is 0 Å².